The smallest absolute Gasteiger partial charge is 0.549 e. The molecule has 0 aromatic heterocycles. The minimum atomic E-state index is -0.942. The molecule has 0 N–H and O–H groups in total. The van der Waals surface area contributed by atoms with Gasteiger partial charge in [0.2, 0.25) is 0 Å². The van der Waals surface area contributed by atoms with E-state index in [0.717, 1.165) is 25.9 Å². The number of allylic oxidation sites excluding steroid dienone is 4. The van der Waals surface area contributed by atoms with Crippen molar-refractivity contribution in [2.45, 2.75) is 117 Å². The van der Waals surface area contributed by atoms with Crippen molar-refractivity contribution in [1.29, 1.82) is 0 Å². The van der Waals surface area contributed by atoms with Gasteiger partial charge in [-0.15, -0.1) is 0 Å². The molecular formula is C26H48KNO2. The molecule has 0 bridgehead atoms. The maximum Gasteiger partial charge on any atom is 1.00 e. The minimum absolute atomic E-state index is 0. The minimum Gasteiger partial charge on any atom is -0.549 e. The molecule has 0 atom stereocenters. The maximum atomic E-state index is 11.0. The van der Waals surface area contributed by atoms with Crippen LogP contribution in [0.5, 0.6) is 0 Å². The van der Waals surface area contributed by atoms with Crippen molar-refractivity contribution in [3.05, 3.63) is 24.3 Å². The van der Waals surface area contributed by atoms with E-state index in [9.17, 15) is 9.90 Å². The second-order valence-electron chi connectivity index (χ2n) is 8.28. The van der Waals surface area contributed by atoms with Gasteiger partial charge in [-0.1, -0.05) is 89.5 Å². The maximum absolute atomic E-state index is 11.0. The van der Waals surface area contributed by atoms with Crippen LogP contribution in [0.4, 0.5) is 0 Å². The molecular weight excluding hydrogens is 397 g/mol. The summed E-state index contributed by atoms with van der Waals surface area (Å²) >= 11 is 0. The average molecular weight is 446 g/mol. The zero-order valence-corrected chi connectivity index (χ0v) is 23.6. The van der Waals surface area contributed by atoms with E-state index in [0.29, 0.717) is 0 Å². The molecule has 0 aliphatic carbocycles. The van der Waals surface area contributed by atoms with E-state index in [1.54, 1.807) is 0 Å². The number of nitrogens with zero attached hydrogens (tertiary/aromatic N) is 1. The number of carboxylic acids is 1. The van der Waals surface area contributed by atoms with Crippen LogP contribution in [0, 0.1) is 0 Å². The van der Waals surface area contributed by atoms with Crippen molar-refractivity contribution >= 4 is 5.97 Å². The molecule has 30 heavy (non-hydrogen) atoms. The van der Waals surface area contributed by atoms with Crippen molar-refractivity contribution in [2.24, 2.45) is 0 Å². The van der Waals surface area contributed by atoms with Crippen LogP contribution < -0.4 is 56.5 Å². The third kappa shape index (κ3) is 26.6. The van der Waals surface area contributed by atoms with Crippen LogP contribution in [-0.4, -0.2) is 30.5 Å². The van der Waals surface area contributed by atoms with Crippen molar-refractivity contribution < 1.29 is 61.3 Å². The van der Waals surface area contributed by atoms with E-state index >= 15 is 0 Å². The van der Waals surface area contributed by atoms with E-state index in [4.69, 9.17) is 0 Å². The Labute approximate surface area is 230 Å². The SMILES string of the molecule is CCC/C=C/CCCCCCCN(CCCCCCC/C=C/CCC)CC(=O)[O-].[K+]. The van der Waals surface area contributed by atoms with Gasteiger partial charge >= 0.3 is 51.4 Å². The quantitative estimate of drug-likeness (QED) is 0.146. The molecule has 0 saturated carbocycles. The number of unbranched alkanes of at least 4 members (excludes halogenated alkanes) is 12. The molecule has 0 radical (unpaired) electrons. The largest absolute Gasteiger partial charge is 1.00 e. The summed E-state index contributed by atoms with van der Waals surface area (Å²) in [5, 5.41) is 11.0. The Balaban J connectivity index is 0. The van der Waals surface area contributed by atoms with Gasteiger partial charge in [0, 0.05) is 6.54 Å². The van der Waals surface area contributed by atoms with Crippen LogP contribution in [0.3, 0.4) is 0 Å². The van der Waals surface area contributed by atoms with Crippen LogP contribution in [-0.2, 0) is 4.79 Å². The summed E-state index contributed by atoms with van der Waals surface area (Å²) in [5.41, 5.74) is 0. The first-order valence-electron chi connectivity index (χ1n) is 12.4. The van der Waals surface area contributed by atoms with E-state index in [2.05, 4.69) is 43.1 Å². The topological polar surface area (TPSA) is 43.4 Å². The first-order valence-corrected chi connectivity index (χ1v) is 12.4. The van der Waals surface area contributed by atoms with Gasteiger partial charge in [-0.2, -0.15) is 0 Å². The van der Waals surface area contributed by atoms with E-state index < -0.39 is 5.97 Å². The van der Waals surface area contributed by atoms with Crippen molar-refractivity contribution in [3.8, 4) is 0 Å². The third-order valence-electron chi connectivity index (χ3n) is 5.29. The van der Waals surface area contributed by atoms with E-state index in [-0.39, 0.29) is 57.9 Å². The predicted octanol–water partition coefficient (Wildman–Crippen LogP) is 3.44. The first kappa shape index (κ1) is 32.7. The first-order chi connectivity index (χ1) is 14.2. The monoisotopic (exact) mass is 445 g/mol. The van der Waals surface area contributed by atoms with Crippen LogP contribution in [0.25, 0.3) is 0 Å². The second kappa shape index (κ2) is 27.6. The van der Waals surface area contributed by atoms with Crippen molar-refractivity contribution in [3.63, 3.8) is 0 Å². The van der Waals surface area contributed by atoms with Crippen LogP contribution >= 0.6 is 0 Å². The van der Waals surface area contributed by atoms with E-state index in [1.807, 2.05) is 0 Å². The Kier molecular flexibility index (Phi) is 30.1. The van der Waals surface area contributed by atoms with E-state index in [1.165, 1.54) is 89.9 Å². The number of carboxylic acid groups (broad SMARTS) is 1. The second-order valence-corrected chi connectivity index (χ2v) is 8.28. The van der Waals surface area contributed by atoms with Gasteiger partial charge in [0.15, 0.2) is 0 Å². The number of carbonyl (C=O) groups is 1. The van der Waals surface area contributed by atoms with Crippen molar-refractivity contribution in [2.75, 3.05) is 19.6 Å². The molecule has 0 fully saturated rings. The average Bonchev–Trinajstić information content (AvgIpc) is 2.70. The molecule has 4 heteroatoms. The Hall–Kier alpha value is 0.546. The molecule has 0 aliphatic heterocycles. The van der Waals surface area contributed by atoms with Gasteiger partial charge in [0.25, 0.3) is 0 Å². The fourth-order valence-electron chi connectivity index (χ4n) is 3.51. The summed E-state index contributed by atoms with van der Waals surface area (Å²) in [4.78, 5) is 13.1. The number of hydrogen-bond acceptors (Lipinski definition) is 3. The van der Waals surface area contributed by atoms with Gasteiger partial charge in [-0.3, -0.25) is 4.90 Å². The van der Waals surface area contributed by atoms with Gasteiger partial charge < -0.3 is 9.90 Å². The normalized spacial score (nSPS) is 11.6. The zero-order valence-electron chi connectivity index (χ0n) is 20.5. The molecule has 0 rings (SSSR count). The molecule has 170 valence electrons. The Morgan fingerprint density at radius 1 is 0.633 bits per heavy atom. The number of aliphatic carboxylic acids is 1. The molecule has 0 amide bonds. The third-order valence-corrected chi connectivity index (χ3v) is 5.29. The summed E-state index contributed by atoms with van der Waals surface area (Å²) in [6.07, 6.45) is 28.7. The Morgan fingerprint density at radius 3 is 1.40 bits per heavy atom. The molecule has 0 aliphatic rings. The molecule has 0 aromatic rings. The number of hydrogen-bond donors (Lipinski definition) is 0. The molecule has 0 spiro atoms. The summed E-state index contributed by atoms with van der Waals surface area (Å²) in [6, 6.07) is 0. The standard InChI is InChI=1S/C26H49NO2.K/c1-3-5-7-9-11-13-15-17-19-21-23-27(25-26(28)29)24-22-20-18-16-14-12-10-8-6-4-2;/h7-10H,3-6,11-25H2,1-2H3,(H,28,29);/q;+1/p-1/b9-7+,10-8+;. The fourth-order valence-corrected chi connectivity index (χ4v) is 3.51. The fraction of sp³-hybridized carbons (Fsp3) is 0.808. The van der Waals surface area contributed by atoms with Gasteiger partial charge in [-0.25, -0.2) is 0 Å². The van der Waals surface area contributed by atoms with Gasteiger partial charge in [0.1, 0.15) is 0 Å². The Bertz CT molecular complexity index is 380. The van der Waals surface area contributed by atoms with Crippen LogP contribution in [0.15, 0.2) is 24.3 Å². The van der Waals surface area contributed by atoms with Gasteiger partial charge in [0.05, 0.1) is 5.97 Å². The summed E-state index contributed by atoms with van der Waals surface area (Å²) in [6.45, 7) is 6.30. The molecule has 0 unspecified atom stereocenters. The molecule has 3 nitrogen and oxygen atoms in total. The summed E-state index contributed by atoms with van der Waals surface area (Å²) in [5.74, 6) is -0.942. The number of rotatable bonds is 22. The van der Waals surface area contributed by atoms with Gasteiger partial charge in [-0.05, 0) is 64.5 Å². The van der Waals surface area contributed by atoms with Crippen molar-refractivity contribution in [1.82, 2.24) is 4.90 Å². The number of carbonyl (C=O) groups excluding carboxylic acids is 1. The molecule has 0 aromatic carbocycles. The predicted molar refractivity (Wildman–Crippen MR) is 125 cm³/mol. The summed E-state index contributed by atoms with van der Waals surface area (Å²) in [7, 11) is 0. The molecule has 0 saturated heterocycles. The zero-order chi connectivity index (χ0) is 21.4. The van der Waals surface area contributed by atoms with Crippen LogP contribution in [0.1, 0.15) is 117 Å². The Morgan fingerprint density at radius 2 is 1.00 bits per heavy atom. The molecule has 0 heterocycles. The summed E-state index contributed by atoms with van der Waals surface area (Å²) < 4.78 is 0. The van der Waals surface area contributed by atoms with Crippen LogP contribution in [0.2, 0.25) is 0 Å².